The molecule has 1 aromatic carbocycles. The Labute approximate surface area is 218 Å². The number of carbonyl (C=O) groups excluding carboxylic acids is 2. The van der Waals surface area contributed by atoms with Crippen LogP contribution in [0.2, 0.25) is 0 Å². The summed E-state index contributed by atoms with van der Waals surface area (Å²) in [6.45, 7) is 0.688. The molecule has 184 valence electrons. The molecule has 2 spiro atoms. The molecule has 6 rings (SSSR count). The van der Waals surface area contributed by atoms with Gasteiger partial charge in [0.05, 0.1) is 19.9 Å². The number of nitrogens with zero attached hydrogens (tertiary/aromatic N) is 4. The van der Waals surface area contributed by atoms with Crippen LogP contribution in [0.1, 0.15) is 22.8 Å². The Morgan fingerprint density at radius 3 is 2.64 bits per heavy atom. The van der Waals surface area contributed by atoms with Crippen LogP contribution in [-0.4, -0.2) is 63.4 Å². The topological polar surface area (TPSA) is 79.1 Å². The number of furan rings is 1. The number of thiocarbonyl (C=S) groups is 1. The van der Waals surface area contributed by atoms with E-state index in [4.69, 9.17) is 21.4 Å². The van der Waals surface area contributed by atoms with Crippen molar-refractivity contribution in [3.8, 4) is 5.75 Å². The van der Waals surface area contributed by atoms with Gasteiger partial charge in [-0.15, -0.1) is 0 Å². The molecular weight excluding hydrogens is 496 g/mol. The van der Waals surface area contributed by atoms with Crippen molar-refractivity contribution in [3.05, 3.63) is 78.0 Å². The van der Waals surface area contributed by atoms with Crippen LogP contribution in [0.5, 0.6) is 5.75 Å². The third-order valence-corrected chi connectivity index (χ3v) is 9.60. The highest BCUT2D eigenvalue weighted by Gasteiger charge is 2.78. The maximum absolute atomic E-state index is 14.7. The molecule has 0 bridgehead atoms. The second-order valence-electron chi connectivity index (χ2n) is 9.25. The molecule has 3 aliphatic heterocycles. The molecule has 2 amide bonds. The van der Waals surface area contributed by atoms with Crippen LogP contribution < -0.4 is 9.64 Å². The Morgan fingerprint density at radius 2 is 1.94 bits per heavy atom. The minimum atomic E-state index is -1.29. The summed E-state index contributed by atoms with van der Waals surface area (Å²) in [5.41, 5.74) is 1.15. The summed E-state index contributed by atoms with van der Waals surface area (Å²) in [4.78, 5) is 38.5. The fourth-order valence-corrected chi connectivity index (χ4v) is 8.22. The molecule has 0 unspecified atom stereocenters. The second kappa shape index (κ2) is 8.16. The van der Waals surface area contributed by atoms with Crippen molar-refractivity contribution >= 4 is 45.8 Å². The van der Waals surface area contributed by atoms with Gasteiger partial charge in [-0.25, -0.2) is 0 Å². The SMILES string of the molecule is COc1ccc2c(c1)[C@]1(C(=O)N2C)N(C)C[C@@H](c2ccncc2)[C@@]12SC(=S)N(Cc1ccco1)C2=O. The Hall–Kier alpha value is -3.21. The molecule has 0 saturated carbocycles. The van der Waals surface area contributed by atoms with Crippen molar-refractivity contribution in [2.24, 2.45) is 0 Å². The fraction of sp³-hybridized carbons (Fsp3) is 0.308. The summed E-state index contributed by atoms with van der Waals surface area (Å²) < 4.78 is 10.3. The van der Waals surface area contributed by atoms with E-state index in [0.717, 1.165) is 16.8 Å². The number of hydrogen-bond acceptors (Lipinski definition) is 8. The van der Waals surface area contributed by atoms with E-state index < -0.39 is 10.3 Å². The van der Waals surface area contributed by atoms with Crippen LogP contribution in [0.25, 0.3) is 0 Å². The number of amides is 2. The molecule has 2 saturated heterocycles. The summed E-state index contributed by atoms with van der Waals surface area (Å²) in [7, 11) is 5.26. The fourth-order valence-electron chi connectivity index (χ4n) is 6.09. The first kappa shape index (κ1) is 23.2. The first-order valence-corrected chi connectivity index (χ1v) is 12.7. The molecule has 10 heteroatoms. The third kappa shape index (κ3) is 2.80. The number of anilines is 1. The number of likely N-dealkylation sites (tertiary alicyclic amines) is 1. The van der Waals surface area contributed by atoms with Gasteiger partial charge in [-0.05, 0) is 55.1 Å². The highest BCUT2D eigenvalue weighted by molar-refractivity contribution is 8.25. The summed E-state index contributed by atoms with van der Waals surface area (Å²) in [5.74, 6) is 0.571. The zero-order valence-corrected chi connectivity index (χ0v) is 21.6. The number of fused-ring (bicyclic) bond motifs is 3. The summed E-state index contributed by atoms with van der Waals surface area (Å²) in [5, 5.41) is 0. The van der Waals surface area contributed by atoms with Gasteiger partial charge in [0.25, 0.3) is 5.91 Å². The lowest BCUT2D eigenvalue weighted by atomic mass is 9.72. The van der Waals surface area contributed by atoms with Gasteiger partial charge in [-0.2, -0.15) is 0 Å². The van der Waals surface area contributed by atoms with E-state index in [2.05, 4.69) is 4.98 Å². The van der Waals surface area contributed by atoms with Crippen LogP contribution in [0.4, 0.5) is 5.69 Å². The van der Waals surface area contributed by atoms with E-state index in [-0.39, 0.29) is 24.3 Å². The van der Waals surface area contributed by atoms with Gasteiger partial charge in [0.2, 0.25) is 5.91 Å². The van der Waals surface area contributed by atoms with Gasteiger partial charge in [0, 0.05) is 43.2 Å². The highest BCUT2D eigenvalue weighted by atomic mass is 32.2. The van der Waals surface area contributed by atoms with Gasteiger partial charge >= 0.3 is 0 Å². The maximum Gasteiger partial charge on any atom is 0.254 e. The van der Waals surface area contributed by atoms with E-state index in [1.165, 1.54) is 11.8 Å². The van der Waals surface area contributed by atoms with Gasteiger partial charge in [0.1, 0.15) is 20.6 Å². The Bertz CT molecular complexity index is 1380. The van der Waals surface area contributed by atoms with Crippen LogP contribution in [0.15, 0.2) is 65.5 Å². The first-order chi connectivity index (χ1) is 17.4. The lowest BCUT2D eigenvalue weighted by Gasteiger charge is -2.42. The number of hydrogen-bond donors (Lipinski definition) is 0. The van der Waals surface area contributed by atoms with Gasteiger partial charge in [0.15, 0.2) is 5.54 Å². The smallest absolute Gasteiger partial charge is 0.254 e. The molecule has 8 nitrogen and oxygen atoms in total. The maximum atomic E-state index is 14.7. The van der Waals surface area contributed by atoms with E-state index in [1.54, 1.807) is 48.7 Å². The van der Waals surface area contributed by atoms with Crippen LogP contribution in [-0.2, 0) is 21.7 Å². The predicted molar refractivity (Wildman–Crippen MR) is 140 cm³/mol. The van der Waals surface area contributed by atoms with Gasteiger partial charge in [-0.1, -0.05) is 24.0 Å². The number of pyridine rings is 1. The molecule has 5 heterocycles. The summed E-state index contributed by atoms with van der Waals surface area (Å²) in [6, 6.07) is 13.0. The zero-order chi connectivity index (χ0) is 25.2. The summed E-state index contributed by atoms with van der Waals surface area (Å²) in [6.07, 6.45) is 5.01. The number of methoxy groups -OCH3 is 1. The number of carbonyl (C=O) groups is 2. The molecule has 3 aromatic rings. The molecule has 2 fully saturated rings. The molecular formula is C26H24N4O4S2. The lowest BCUT2D eigenvalue weighted by molar-refractivity contribution is -0.139. The Balaban J connectivity index is 1.62. The van der Waals surface area contributed by atoms with Crippen LogP contribution in [0.3, 0.4) is 0 Å². The minimum absolute atomic E-state index is 0.159. The average molecular weight is 521 g/mol. The van der Waals surface area contributed by atoms with Crippen molar-refractivity contribution in [3.63, 3.8) is 0 Å². The Kier molecular flexibility index (Phi) is 5.26. The monoisotopic (exact) mass is 520 g/mol. The van der Waals surface area contributed by atoms with E-state index in [1.807, 2.05) is 48.3 Å². The molecule has 3 aliphatic rings. The number of benzene rings is 1. The normalized spacial score (nSPS) is 27.6. The third-order valence-electron chi connectivity index (χ3n) is 7.66. The average Bonchev–Trinajstić information content (AvgIpc) is 3.61. The van der Waals surface area contributed by atoms with E-state index in [0.29, 0.717) is 22.4 Å². The van der Waals surface area contributed by atoms with Crippen molar-refractivity contribution < 1.29 is 18.7 Å². The Morgan fingerprint density at radius 1 is 1.17 bits per heavy atom. The second-order valence-corrected chi connectivity index (χ2v) is 11.1. The van der Waals surface area contributed by atoms with E-state index >= 15 is 0 Å². The summed E-state index contributed by atoms with van der Waals surface area (Å²) >= 11 is 7.14. The number of rotatable bonds is 4. The van der Waals surface area contributed by atoms with Crippen molar-refractivity contribution in [2.75, 3.05) is 32.6 Å². The van der Waals surface area contributed by atoms with Gasteiger partial charge in [-0.3, -0.25) is 24.4 Å². The standard InChI is InChI=1S/C26H24N4O4S2/c1-28-15-20(16-8-10-27-11-9-16)26(23(32)30(24(35)36-26)14-18-5-4-12-34-18)25(28)19-13-17(33-3)6-7-21(19)29(2)22(25)31/h4-13,20H,14-15H2,1-3H3/t20-,25+,26-/m0/s1. The molecule has 36 heavy (non-hydrogen) atoms. The molecule has 0 N–H and O–H groups in total. The van der Waals surface area contributed by atoms with Crippen molar-refractivity contribution in [2.45, 2.75) is 22.7 Å². The van der Waals surface area contributed by atoms with Gasteiger partial charge < -0.3 is 14.1 Å². The van der Waals surface area contributed by atoms with Crippen LogP contribution >= 0.6 is 24.0 Å². The molecule has 0 radical (unpaired) electrons. The number of likely N-dealkylation sites (N-methyl/N-ethyl adjacent to an activating group) is 2. The zero-order valence-electron chi connectivity index (χ0n) is 20.0. The molecule has 3 atom stereocenters. The van der Waals surface area contributed by atoms with Crippen molar-refractivity contribution in [1.29, 1.82) is 0 Å². The number of ether oxygens (including phenoxy) is 1. The molecule has 0 aliphatic carbocycles. The number of aromatic nitrogens is 1. The molecule has 2 aromatic heterocycles. The first-order valence-electron chi connectivity index (χ1n) is 11.5. The predicted octanol–water partition coefficient (Wildman–Crippen LogP) is 3.38. The van der Waals surface area contributed by atoms with E-state index in [9.17, 15) is 9.59 Å². The lowest BCUT2D eigenvalue weighted by Crippen LogP contribution is -2.62. The van der Waals surface area contributed by atoms with Crippen molar-refractivity contribution in [1.82, 2.24) is 14.8 Å². The minimum Gasteiger partial charge on any atom is -0.497 e. The van der Waals surface area contributed by atoms with Crippen LogP contribution in [0, 0.1) is 0 Å². The largest absolute Gasteiger partial charge is 0.497 e. The highest BCUT2D eigenvalue weighted by Crippen LogP contribution is 2.66. The number of thioether (sulfide) groups is 1. The quantitative estimate of drug-likeness (QED) is 0.485.